The Balaban J connectivity index is 0.000000261. The number of hydrogen-bond donors (Lipinski definition) is 1. The van der Waals surface area contributed by atoms with E-state index in [4.69, 9.17) is 4.79 Å². The van der Waals surface area contributed by atoms with Crippen molar-refractivity contribution in [3.8, 4) is 0 Å². The van der Waals surface area contributed by atoms with Crippen molar-refractivity contribution >= 4 is 19.1 Å². The van der Waals surface area contributed by atoms with E-state index >= 15 is 0 Å². The molecule has 0 heterocycles. The second-order valence-corrected chi connectivity index (χ2v) is 2.29. The molecule has 0 aliphatic heterocycles. The number of benzene rings is 1. The molecule has 66 valence electrons. The summed E-state index contributed by atoms with van der Waals surface area (Å²) in [6.45, 7) is 0.375. The molecule has 0 N–H and O–H groups in total. The zero-order chi connectivity index (χ0) is 9.23. The first-order valence-corrected chi connectivity index (χ1v) is 4.09. The molecular weight excluding hydrogens is 172 g/mol. The number of carbonyl (C=O) groups excluding carboxylic acids is 1. The zero-order valence-corrected chi connectivity index (χ0v) is 7.83. The molecule has 0 bridgehead atoms. The maximum absolute atomic E-state index is 8.95. The molecule has 12 heavy (non-hydrogen) atoms. The second-order valence-electron chi connectivity index (χ2n) is 1.98. The van der Waals surface area contributed by atoms with Gasteiger partial charge in [0.05, 0.1) is 7.11 Å². The van der Waals surface area contributed by atoms with Gasteiger partial charge in [0.2, 0.25) is 0 Å². The minimum Gasteiger partial charge on any atom is -0.471 e. The molecule has 0 aromatic heterocycles. The van der Waals surface area contributed by atoms with Gasteiger partial charge in [-0.05, 0) is 5.56 Å². The quantitative estimate of drug-likeness (QED) is 0.561. The number of hydrogen-bond acceptors (Lipinski definition) is 3. The van der Waals surface area contributed by atoms with Crippen LogP contribution < -0.4 is 0 Å². The number of thiol groups is 1. The van der Waals surface area contributed by atoms with E-state index in [1.165, 1.54) is 12.7 Å². The van der Waals surface area contributed by atoms with E-state index < -0.39 is 0 Å². The van der Waals surface area contributed by atoms with Crippen molar-refractivity contribution in [1.82, 2.24) is 0 Å². The van der Waals surface area contributed by atoms with Crippen molar-refractivity contribution in [3.05, 3.63) is 35.9 Å². The minimum absolute atomic E-state index is 0.375. The average Bonchev–Trinajstić information content (AvgIpc) is 2.19. The highest BCUT2D eigenvalue weighted by Crippen LogP contribution is 2.00. The Hall–Kier alpha value is -0.960. The number of rotatable bonds is 2. The fourth-order valence-corrected chi connectivity index (χ4v) is 0.794. The predicted octanol–water partition coefficient (Wildman–Crippen LogP) is 1.91. The van der Waals surface area contributed by atoms with Crippen LogP contribution in [-0.4, -0.2) is 13.6 Å². The number of ether oxygens (including phenoxy) is 1. The molecule has 2 nitrogen and oxygen atoms in total. The third kappa shape index (κ3) is 5.80. The van der Waals surface area contributed by atoms with Gasteiger partial charge >= 0.3 is 0 Å². The standard InChI is InChI=1S/C7H8S.C2H4O2/c8-6-7-4-2-1-3-5-7;1-4-2-3/h1-5,8H,6H2;2H,1H3. The summed E-state index contributed by atoms with van der Waals surface area (Å²) in [7, 11) is 1.31. The van der Waals surface area contributed by atoms with Crippen LogP contribution in [0.15, 0.2) is 30.3 Å². The van der Waals surface area contributed by atoms with Crippen LogP contribution in [0.25, 0.3) is 0 Å². The van der Waals surface area contributed by atoms with Gasteiger partial charge < -0.3 is 4.74 Å². The first-order chi connectivity index (χ1) is 5.85. The molecule has 0 fully saturated rings. The highest BCUT2D eigenvalue weighted by molar-refractivity contribution is 7.79. The Kier molecular flexibility index (Phi) is 7.49. The van der Waals surface area contributed by atoms with Gasteiger partial charge in [-0.25, -0.2) is 0 Å². The summed E-state index contributed by atoms with van der Waals surface area (Å²) in [4.78, 5) is 8.95. The molecule has 0 saturated carbocycles. The van der Waals surface area contributed by atoms with Gasteiger partial charge in [-0.15, -0.1) is 0 Å². The first kappa shape index (κ1) is 11.0. The van der Waals surface area contributed by atoms with Gasteiger partial charge in [0, 0.05) is 5.75 Å². The summed E-state index contributed by atoms with van der Waals surface area (Å²) in [5, 5.41) is 0. The van der Waals surface area contributed by atoms with E-state index in [1.807, 2.05) is 18.2 Å². The summed E-state index contributed by atoms with van der Waals surface area (Å²) in [5.41, 5.74) is 1.27. The molecule has 1 aromatic rings. The summed E-state index contributed by atoms with van der Waals surface area (Å²) >= 11 is 4.11. The van der Waals surface area contributed by atoms with E-state index in [1.54, 1.807) is 0 Å². The maximum atomic E-state index is 8.95. The minimum atomic E-state index is 0.375. The lowest BCUT2D eigenvalue weighted by Crippen LogP contribution is -1.71. The van der Waals surface area contributed by atoms with Crippen molar-refractivity contribution in [2.75, 3.05) is 7.11 Å². The zero-order valence-electron chi connectivity index (χ0n) is 6.93. The van der Waals surface area contributed by atoms with Crippen LogP contribution in [0.4, 0.5) is 0 Å². The van der Waals surface area contributed by atoms with Gasteiger partial charge in [-0.3, -0.25) is 4.79 Å². The Morgan fingerprint density at radius 1 is 1.42 bits per heavy atom. The summed E-state index contributed by atoms with van der Waals surface area (Å²) in [6, 6.07) is 10.2. The lowest BCUT2D eigenvalue weighted by atomic mass is 10.2. The highest BCUT2D eigenvalue weighted by atomic mass is 32.1. The van der Waals surface area contributed by atoms with Crippen LogP contribution >= 0.6 is 12.6 Å². The number of methoxy groups -OCH3 is 1. The van der Waals surface area contributed by atoms with E-state index in [2.05, 4.69) is 29.5 Å². The Morgan fingerprint density at radius 2 is 1.92 bits per heavy atom. The molecular formula is C9H12O2S. The van der Waals surface area contributed by atoms with E-state index in [0.717, 1.165) is 5.75 Å². The van der Waals surface area contributed by atoms with E-state index in [-0.39, 0.29) is 0 Å². The largest absolute Gasteiger partial charge is 0.471 e. The molecule has 0 saturated heterocycles. The lowest BCUT2D eigenvalue weighted by molar-refractivity contribution is -0.126. The molecule has 0 atom stereocenters. The van der Waals surface area contributed by atoms with Gasteiger partial charge in [0.1, 0.15) is 0 Å². The van der Waals surface area contributed by atoms with Crippen molar-refractivity contribution in [1.29, 1.82) is 0 Å². The topological polar surface area (TPSA) is 26.3 Å². The molecule has 0 amide bonds. The summed E-state index contributed by atoms with van der Waals surface area (Å²) in [5.74, 6) is 0.834. The van der Waals surface area contributed by atoms with Gasteiger partial charge in [-0.2, -0.15) is 12.6 Å². The monoisotopic (exact) mass is 184 g/mol. The molecule has 3 heteroatoms. The first-order valence-electron chi connectivity index (χ1n) is 3.46. The van der Waals surface area contributed by atoms with Crippen molar-refractivity contribution in [2.24, 2.45) is 0 Å². The van der Waals surface area contributed by atoms with E-state index in [0.29, 0.717) is 6.47 Å². The van der Waals surface area contributed by atoms with E-state index in [9.17, 15) is 0 Å². The maximum Gasteiger partial charge on any atom is 0.292 e. The predicted molar refractivity (Wildman–Crippen MR) is 52.2 cm³/mol. The van der Waals surface area contributed by atoms with Crippen molar-refractivity contribution in [2.45, 2.75) is 5.75 Å². The summed E-state index contributed by atoms with van der Waals surface area (Å²) in [6.07, 6.45) is 0. The Morgan fingerprint density at radius 3 is 2.17 bits per heavy atom. The normalized spacial score (nSPS) is 7.83. The van der Waals surface area contributed by atoms with Crippen LogP contribution in [0.1, 0.15) is 5.56 Å². The third-order valence-electron chi connectivity index (χ3n) is 1.12. The third-order valence-corrected chi connectivity index (χ3v) is 1.49. The SMILES string of the molecule is COC=O.SCc1ccccc1. The summed E-state index contributed by atoms with van der Waals surface area (Å²) < 4.78 is 3.86. The van der Waals surface area contributed by atoms with Crippen molar-refractivity contribution in [3.63, 3.8) is 0 Å². The van der Waals surface area contributed by atoms with Crippen LogP contribution in [0.3, 0.4) is 0 Å². The second kappa shape index (κ2) is 8.14. The molecule has 1 aromatic carbocycles. The molecule has 0 unspecified atom stereocenters. The smallest absolute Gasteiger partial charge is 0.292 e. The van der Waals surface area contributed by atoms with Crippen molar-refractivity contribution < 1.29 is 9.53 Å². The molecule has 0 aliphatic rings. The van der Waals surface area contributed by atoms with Crippen LogP contribution in [0, 0.1) is 0 Å². The lowest BCUT2D eigenvalue weighted by Gasteiger charge is -1.89. The molecule has 0 spiro atoms. The van der Waals surface area contributed by atoms with Crippen LogP contribution in [0.5, 0.6) is 0 Å². The van der Waals surface area contributed by atoms with Gasteiger partial charge in [0.15, 0.2) is 0 Å². The van der Waals surface area contributed by atoms with Crippen LogP contribution in [0.2, 0.25) is 0 Å². The fourth-order valence-electron chi connectivity index (χ4n) is 0.583. The fraction of sp³-hybridized carbons (Fsp3) is 0.222. The molecule has 0 radical (unpaired) electrons. The Bertz CT molecular complexity index is 199. The molecule has 1 rings (SSSR count). The van der Waals surface area contributed by atoms with Gasteiger partial charge in [-0.1, -0.05) is 30.3 Å². The molecule has 0 aliphatic carbocycles. The Labute approximate surface area is 78.0 Å². The van der Waals surface area contributed by atoms with Gasteiger partial charge in [0.25, 0.3) is 6.47 Å². The average molecular weight is 184 g/mol. The number of carbonyl (C=O) groups is 1. The van der Waals surface area contributed by atoms with Crippen LogP contribution in [-0.2, 0) is 15.3 Å². The highest BCUT2D eigenvalue weighted by Gasteiger charge is 1.80.